The van der Waals surface area contributed by atoms with E-state index in [-0.39, 0.29) is 23.3 Å². The van der Waals surface area contributed by atoms with Gasteiger partial charge >= 0.3 is 5.97 Å². The van der Waals surface area contributed by atoms with Gasteiger partial charge in [-0.1, -0.05) is 31.2 Å². The van der Waals surface area contributed by atoms with Gasteiger partial charge in [-0.25, -0.2) is 9.97 Å². The highest BCUT2D eigenvalue weighted by Gasteiger charge is 2.23. The number of piperidine rings is 1. The van der Waals surface area contributed by atoms with Crippen LogP contribution in [0, 0.1) is 24.2 Å². The number of nitrogens with zero attached hydrogens (tertiary/aromatic N) is 6. The number of benzene rings is 2. The maximum atomic E-state index is 13.8. The van der Waals surface area contributed by atoms with Gasteiger partial charge in [-0.15, -0.1) is 0 Å². The molecule has 4 N–H and O–H groups in total. The molecule has 43 heavy (non-hydrogen) atoms. The Hall–Kier alpha value is -4.98. The topological polar surface area (TPSA) is 166 Å². The first-order valence-electron chi connectivity index (χ1n) is 14.5. The number of esters is 1. The highest BCUT2D eigenvalue weighted by molar-refractivity contribution is 5.91. The number of hydrogen-bond donors (Lipinski definition) is 2. The van der Waals surface area contributed by atoms with Gasteiger partial charge < -0.3 is 21.1 Å². The highest BCUT2D eigenvalue weighted by Crippen LogP contribution is 2.30. The number of nitrogen functional groups attached to an aromatic ring is 2. The van der Waals surface area contributed by atoms with Crippen molar-refractivity contribution in [3.63, 3.8) is 0 Å². The van der Waals surface area contributed by atoms with Gasteiger partial charge in [0.2, 0.25) is 5.95 Å². The van der Waals surface area contributed by atoms with Gasteiger partial charge in [0.1, 0.15) is 23.3 Å². The summed E-state index contributed by atoms with van der Waals surface area (Å²) in [5, 5.41) is 9.22. The van der Waals surface area contributed by atoms with Gasteiger partial charge in [0.15, 0.2) is 0 Å². The number of methoxy groups -OCH3 is 1. The third-order valence-corrected chi connectivity index (χ3v) is 7.62. The van der Waals surface area contributed by atoms with E-state index < -0.39 is 0 Å². The van der Waals surface area contributed by atoms with Crippen LogP contribution in [0.15, 0.2) is 53.3 Å². The molecule has 1 aliphatic heterocycles. The smallest absolute Gasteiger partial charge is 0.305 e. The number of fused-ring (bicyclic) bond motifs is 1. The van der Waals surface area contributed by atoms with Gasteiger partial charge in [0.25, 0.3) is 5.56 Å². The molecular formula is C32H38N8O3. The lowest BCUT2D eigenvalue weighted by atomic mass is 9.91. The lowest BCUT2D eigenvalue weighted by Crippen LogP contribution is -2.35. The maximum absolute atomic E-state index is 13.8. The van der Waals surface area contributed by atoms with Crippen molar-refractivity contribution in [2.24, 2.45) is 5.92 Å². The molecular weight excluding hydrogens is 544 g/mol. The minimum absolute atomic E-state index is 0.00642. The van der Waals surface area contributed by atoms with Gasteiger partial charge in [-0.2, -0.15) is 10.2 Å². The average molecular weight is 583 g/mol. The minimum Gasteiger partial charge on any atom is -0.469 e. The average Bonchev–Trinajstić information content (AvgIpc) is 3.00. The third kappa shape index (κ3) is 7.27. The van der Waals surface area contributed by atoms with Crippen molar-refractivity contribution in [1.82, 2.24) is 19.5 Å². The zero-order valence-electron chi connectivity index (χ0n) is 24.9. The summed E-state index contributed by atoms with van der Waals surface area (Å²) >= 11 is 0. The molecule has 4 aromatic rings. The Morgan fingerprint density at radius 2 is 1.79 bits per heavy atom. The summed E-state index contributed by atoms with van der Waals surface area (Å²) < 4.78 is 6.55. The number of carbonyl (C=O) groups excluding carboxylic acids is 1. The molecule has 2 aromatic carbocycles. The number of aromatic nitrogens is 4. The van der Waals surface area contributed by atoms with Crippen LogP contribution >= 0.6 is 0 Å². The van der Waals surface area contributed by atoms with Crippen molar-refractivity contribution >= 4 is 34.3 Å². The summed E-state index contributed by atoms with van der Waals surface area (Å²) in [6, 6.07) is 17.6. The molecule has 0 radical (unpaired) electrons. The number of carbonyl (C=O) groups is 1. The van der Waals surface area contributed by atoms with E-state index in [1.807, 2.05) is 54.6 Å². The van der Waals surface area contributed by atoms with Gasteiger partial charge in [0.05, 0.1) is 35.1 Å². The van der Waals surface area contributed by atoms with Crippen LogP contribution in [-0.4, -0.2) is 45.7 Å². The Bertz CT molecular complexity index is 1650. The van der Waals surface area contributed by atoms with Crippen LogP contribution in [0.3, 0.4) is 0 Å². The molecule has 0 bridgehead atoms. The number of aryl methyl sites for hydroxylation is 2. The highest BCUT2D eigenvalue weighted by atomic mass is 16.5. The number of para-hydroxylation sites is 1. The molecule has 2 aromatic heterocycles. The Morgan fingerprint density at radius 1 is 1.07 bits per heavy atom. The van der Waals surface area contributed by atoms with Crippen LogP contribution in [0.4, 0.5) is 17.5 Å². The van der Waals surface area contributed by atoms with Crippen molar-refractivity contribution < 1.29 is 9.53 Å². The van der Waals surface area contributed by atoms with Crippen molar-refractivity contribution in [2.45, 2.75) is 52.4 Å². The molecule has 11 heteroatoms. The first kappa shape index (κ1) is 31.0. The number of nitriles is 1. The van der Waals surface area contributed by atoms with Crippen molar-refractivity contribution in [2.75, 3.05) is 36.6 Å². The molecule has 1 fully saturated rings. The van der Waals surface area contributed by atoms with Gasteiger partial charge in [0, 0.05) is 25.9 Å². The summed E-state index contributed by atoms with van der Waals surface area (Å²) in [5.74, 6) is 1.40. The largest absolute Gasteiger partial charge is 0.469 e. The molecule has 5 rings (SSSR count). The van der Waals surface area contributed by atoms with E-state index in [9.17, 15) is 9.59 Å². The summed E-state index contributed by atoms with van der Waals surface area (Å²) in [6.45, 7) is 5.50. The van der Waals surface area contributed by atoms with E-state index in [0.717, 1.165) is 67.9 Å². The van der Waals surface area contributed by atoms with E-state index in [1.54, 1.807) is 11.5 Å². The SMILES string of the molecule is CCCc1nc2cccc(N3CCC(CCC(=O)OC)CC3)c2c(=O)n1-c1ccccc1.Cc1nc(N)nc(N)c1C#N. The standard InChI is InChI=1S/C26H31N3O3.C6H7N5/c1-3-8-23-27-21-11-7-12-22(25(21)26(31)29(23)20-9-5-4-6-10-20)28-17-15-19(16-18-28)13-14-24(30)32-2;1-3-4(2-7)5(8)11-6(9)10-3/h4-7,9-12,19H,3,8,13-18H2,1-2H3;1H3,(H4,8,9,10,11). The van der Waals surface area contributed by atoms with E-state index in [4.69, 9.17) is 26.5 Å². The predicted molar refractivity (Wildman–Crippen MR) is 168 cm³/mol. The molecule has 11 nitrogen and oxygen atoms in total. The Balaban J connectivity index is 0.000000324. The fraction of sp³-hybridized carbons (Fsp3) is 0.375. The zero-order chi connectivity index (χ0) is 30.9. The molecule has 0 amide bonds. The molecule has 0 unspecified atom stereocenters. The molecule has 0 aliphatic carbocycles. The number of ether oxygens (including phenoxy) is 1. The number of nitrogens with two attached hydrogens (primary N) is 2. The van der Waals surface area contributed by atoms with Crippen molar-refractivity contribution in [3.05, 3.63) is 76.0 Å². The fourth-order valence-corrected chi connectivity index (χ4v) is 5.40. The van der Waals surface area contributed by atoms with E-state index in [2.05, 4.69) is 21.8 Å². The van der Waals surface area contributed by atoms with E-state index >= 15 is 0 Å². The van der Waals surface area contributed by atoms with Crippen LogP contribution in [0.5, 0.6) is 0 Å². The second kappa shape index (κ2) is 14.3. The number of rotatable bonds is 7. The molecule has 1 aliphatic rings. The first-order valence-corrected chi connectivity index (χ1v) is 14.5. The molecule has 0 saturated carbocycles. The maximum Gasteiger partial charge on any atom is 0.305 e. The number of hydrogen-bond acceptors (Lipinski definition) is 10. The second-order valence-electron chi connectivity index (χ2n) is 10.5. The second-order valence-corrected chi connectivity index (χ2v) is 10.5. The zero-order valence-corrected chi connectivity index (χ0v) is 24.9. The first-order chi connectivity index (χ1) is 20.8. The molecule has 0 atom stereocenters. The molecule has 1 saturated heterocycles. The predicted octanol–water partition coefficient (Wildman–Crippen LogP) is 4.33. The fourth-order valence-electron chi connectivity index (χ4n) is 5.40. The van der Waals surface area contributed by atoms with Crippen LogP contribution < -0.4 is 21.9 Å². The van der Waals surface area contributed by atoms with Crippen LogP contribution in [-0.2, 0) is 16.0 Å². The lowest BCUT2D eigenvalue weighted by Gasteiger charge is -2.34. The summed E-state index contributed by atoms with van der Waals surface area (Å²) in [7, 11) is 1.44. The Labute approximate surface area is 251 Å². The Morgan fingerprint density at radius 3 is 2.42 bits per heavy atom. The monoisotopic (exact) mass is 582 g/mol. The van der Waals surface area contributed by atoms with Crippen LogP contribution in [0.25, 0.3) is 16.6 Å². The van der Waals surface area contributed by atoms with E-state index in [0.29, 0.717) is 29.0 Å². The summed E-state index contributed by atoms with van der Waals surface area (Å²) in [5.41, 5.74) is 14.0. The molecule has 0 spiro atoms. The third-order valence-electron chi connectivity index (χ3n) is 7.62. The summed E-state index contributed by atoms with van der Waals surface area (Å²) in [4.78, 5) is 39.9. The number of anilines is 3. The van der Waals surface area contributed by atoms with Crippen LogP contribution in [0.2, 0.25) is 0 Å². The lowest BCUT2D eigenvalue weighted by molar-refractivity contribution is -0.141. The van der Waals surface area contributed by atoms with Crippen molar-refractivity contribution in [3.8, 4) is 11.8 Å². The van der Waals surface area contributed by atoms with Gasteiger partial charge in [-0.05, 0) is 62.8 Å². The quantitative estimate of drug-likeness (QED) is 0.299. The van der Waals surface area contributed by atoms with Crippen LogP contribution in [0.1, 0.15) is 56.1 Å². The Kier molecular flexibility index (Phi) is 10.3. The molecule has 224 valence electrons. The van der Waals surface area contributed by atoms with E-state index in [1.165, 1.54) is 7.11 Å². The van der Waals surface area contributed by atoms with Crippen molar-refractivity contribution in [1.29, 1.82) is 5.26 Å². The normalized spacial score (nSPS) is 13.2. The molecule has 3 heterocycles. The summed E-state index contributed by atoms with van der Waals surface area (Å²) in [6.07, 6.45) is 5.00. The van der Waals surface area contributed by atoms with Gasteiger partial charge in [-0.3, -0.25) is 14.2 Å². The minimum atomic E-state index is -0.142.